The molecule has 0 heterocycles. The molecule has 0 aromatic heterocycles. The number of aryl methyl sites for hydroxylation is 1. The first-order chi connectivity index (χ1) is 7.48. The lowest BCUT2D eigenvalue weighted by Gasteiger charge is -2.16. The summed E-state index contributed by atoms with van der Waals surface area (Å²) in [6, 6.07) is 5.78. The molecule has 0 saturated carbocycles. The van der Waals surface area contributed by atoms with E-state index in [9.17, 15) is 0 Å². The Morgan fingerprint density at radius 1 is 1.50 bits per heavy atom. The van der Waals surface area contributed by atoms with E-state index < -0.39 is 5.84 Å². The maximum absolute atomic E-state index is 5.97. The molecule has 0 aliphatic rings. The van der Waals surface area contributed by atoms with E-state index in [-0.39, 0.29) is 0 Å². The fraction of sp³-hybridized carbons (Fsp3) is 0.400. The van der Waals surface area contributed by atoms with Crippen LogP contribution in [0.1, 0.15) is 12.5 Å². The van der Waals surface area contributed by atoms with Crippen LogP contribution in [-0.2, 0) is 16.3 Å². The third-order valence-corrected chi connectivity index (χ3v) is 4.80. The normalized spacial score (nSPS) is 14.5. The Labute approximate surface area is 111 Å². The van der Waals surface area contributed by atoms with Gasteiger partial charge in [0.05, 0.1) is 6.61 Å². The van der Waals surface area contributed by atoms with Crippen LogP contribution in [0.3, 0.4) is 0 Å². The third-order valence-electron chi connectivity index (χ3n) is 1.86. The van der Waals surface area contributed by atoms with E-state index >= 15 is 0 Å². The van der Waals surface area contributed by atoms with E-state index in [0.29, 0.717) is 12.4 Å². The fourth-order valence-electron chi connectivity index (χ4n) is 1.21. The van der Waals surface area contributed by atoms with Gasteiger partial charge in [-0.05, 0) is 66.9 Å². The minimum atomic E-state index is -2.66. The maximum atomic E-state index is 5.97. The number of benzene rings is 1. The Morgan fingerprint density at radius 2 is 2.19 bits per heavy atom. The van der Waals surface area contributed by atoms with Crippen LogP contribution < -0.4 is 4.52 Å². The molecular weight excluding hydrogens is 283 g/mol. The van der Waals surface area contributed by atoms with Gasteiger partial charge in [0.15, 0.2) is 0 Å². The van der Waals surface area contributed by atoms with Crippen molar-refractivity contribution in [3.05, 3.63) is 23.8 Å². The van der Waals surface area contributed by atoms with Gasteiger partial charge in [-0.25, -0.2) is 0 Å². The minimum Gasteiger partial charge on any atom is -0.433 e. The van der Waals surface area contributed by atoms with Crippen molar-refractivity contribution in [3.8, 4) is 5.75 Å². The summed E-state index contributed by atoms with van der Waals surface area (Å²) in [6.07, 6.45) is 2.04. The van der Waals surface area contributed by atoms with Crippen LogP contribution in [0.25, 0.3) is 0 Å². The highest BCUT2D eigenvalue weighted by Crippen LogP contribution is 2.53. The largest absolute Gasteiger partial charge is 0.433 e. The van der Waals surface area contributed by atoms with E-state index in [1.807, 2.05) is 38.3 Å². The Bertz CT molecular complexity index is 412. The van der Waals surface area contributed by atoms with Gasteiger partial charge in [0.25, 0.3) is 0 Å². The first-order valence-electron chi connectivity index (χ1n) is 4.77. The number of hydrogen-bond donors (Lipinski definition) is 0. The van der Waals surface area contributed by atoms with Gasteiger partial charge >= 0.3 is 5.84 Å². The zero-order valence-electron chi connectivity index (χ0n) is 9.40. The van der Waals surface area contributed by atoms with Gasteiger partial charge in [-0.2, -0.15) is 0 Å². The highest BCUT2D eigenvalue weighted by Gasteiger charge is 2.16. The Morgan fingerprint density at radius 3 is 2.69 bits per heavy atom. The topological polar surface area (TPSA) is 18.5 Å². The molecule has 0 aliphatic carbocycles. The molecular formula is C10H14ClO2PS2. The van der Waals surface area contributed by atoms with Crippen LogP contribution >= 0.6 is 28.8 Å². The molecule has 16 heavy (non-hydrogen) atoms. The minimum absolute atomic E-state index is 0.461. The van der Waals surface area contributed by atoms with Crippen LogP contribution in [0, 0.1) is 6.92 Å². The smallest absolute Gasteiger partial charge is 0.332 e. The van der Waals surface area contributed by atoms with Crippen LogP contribution in [0.15, 0.2) is 23.1 Å². The van der Waals surface area contributed by atoms with E-state index in [1.54, 1.807) is 11.8 Å². The summed E-state index contributed by atoms with van der Waals surface area (Å²) in [5, 5.41) is 0. The zero-order valence-corrected chi connectivity index (χ0v) is 12.7. The van der Waals surface area contributed by atoms with Gasteiger partial charge in [0.2, 0.25) is 0 Å². The molecule has 6 heteroatoms. The van der Waals surface area contributed by atoms with Crippen LogP contribution in [-0.4, -0.2) is 12.9 Å². The average molecular weight is 297 g/mol. The summed E-state index contributed by atoms with van der Waals surface area (Å²) in [5.74, 6) is -1.99. The molecule has 0 N–H and O–H groups in total. The van der Waals surface area contributed by atoms with Gasteiger partial charge in [-0.15, -0.1) is 11.8 Å². The van der Waals surface area contributed by atoms with Crippen molar-refractivity contribution in [2.24, 2.45) is 0 Å². The summed E-state index contributed by atoms with van der Waals surface area (Å²) in [7, 11) is 0. The number of hydrogen-bond acceptors (Lipinski definition) is 4. The molecule has 1 unspecified atom stereocenters. The lowest BCUT2D eigenvalue weighted by atomic mass is 10.2. The molecule has 1 rings (SSSR count). The van der Waals surface area contributed by atoms with Crippen molar-refractivity contribution >= 4 is 40.7 Å². The lowest BCUT2D eigenvalue weighted by molar-refractivity contribution is 0.343. The van der Waals surface area contributed by atoms with Gasteiger partial charge in [-0.3, -0.25) is 0 Å². The molecule has 2 nitrogen and oxygen atoms in total. The zero-order chi connectivity index (χ0) is 12.2. The standard InChI is InChI=1S/C10H14ClO2PS2/c1-4-12-14(11,15)13-9-5-6-10(16-3)8(2)7-9/h5-7H,4H2,1-3H3. The molecule has 1 aromatic carbocycles. The summed E-state index contributed by atoms with van der Waals surface area (Å²) in [5.41, 5.74) is 1.15. The van der Waals surface area contributed by atoms with Crippen LogP contribution in [0.2, 0.25) is 0 Å². The Balaban J connectivity index is 2.83. The van der Waals surface area contributed by atoms with Crippen molar-refractivity contribution in [1.29, 1.82) is 0 Å². The average Bonchev–Trinajstić information content (AvgIpc) is 2.17. The molecule has 1 aromatic rings. The Kier molecular flexibility index (Phi) is 5.62. The third kappa shape index (κ3) is 4.27. The molecule has 0 spiro atoms. The Hall–Kier alpha value is 0.270. The van der Waals surface area contributed by atoms with Crippen molar-refractivity contribution in [1.82, 2.24) is 0 Å². The molecule has 0 radical (unpaired) electrons. The van der Waals surface area contributed by atoms with Crippen molar-refractivity contribution < 1.29 is 9.05 Å². The second-order valence-electron chi connectivity index (χ2n) is 3.07. The second-order valence-corrected chi connectivity index (χ2v) is 8.60. The number of rotatable bonds is 5. The molecule has 0 aliphatic heterocycles. The molecule has 1 atom stereocenters. The summed E-state index contributed by atoms with van der Waals surface area (Å²) < 4.78 is 10.7. The second kappa shape index (κ2) is 6.27. The van der Waals surface area contributed by atoms with Crippen molar-refractivity contribution in [3.63, 3.8) is 0 Å². The van der Waals surface area contributed by atoms with Crippen LogP contribution in [0.5, 0.6) is 5.75 Å². The monoisotopic (exact) mass is 296 g/mol. The van der Waals surface area contributed by atoms with Crippen molar-refractivity contribution in [2.75, 3.05) is 12.9 Å². The molecule has 0 saturated heterocycles. The van der Waals surface area contributed by atoms with E-state index in [4.69, 9.17) is 32.1 Å². The lowest BCUT2D eigenvalue weighted by Crippen LogP contribution is -1.92. The van der Waals surface area contributed by atoms with Crippen LogP contribution in [0.4, 0.5) is 0 Å². The van der Waals surface area contributed by atoms with E-state index in [2.05, 4.69) is 0 Å². The fourth-order valence-corrected chi connectivity index (χ4v) is 3.63. The van der Waals surface area contributed by atoms with Gasteiger partial charge in [0, 0.05) is 4.90 Å². The number of halogens is 1. The first-order valence-corrected chi connectivity index (χ1v) is 9.53. The highest BCUT2D eigenvalue weighted by molar-refractivity contribution is 8.22. The molecule has 0 fully saturated rings. The highest BCUT2D eigenvalue weighted by atomic mass is 35.7. The molecule has 0 amide bonds. The van der Waals surface area contributed by atoms with Gasteiger partial charge < -0.3 is 9.05 Å². The summed E-state index contributed by atoms with van der Waals surface area (Å²) >= 11 is 12.7. The predicted molar refractivity (Wildman–Crippen MR) is 75.4 cm³/mol. The molecule has 0 bridgehead atoms. The quantitative estimate of drug-likeness (QED) is 0.584. The van der Waals surface area contributed by atoms with Gasteiger partial charge in [0.1, 0.15) is 5.75 Å². The van der Waals surface area contributed by atoms with E-state index in [1.165, 1.54) is 4.90 Å². The first kappa shape index (κ1) is 14.3. The SMILES string of the molecule is CCOP(=S)(Cl)Oc1ccc(SC)c(C)c1. The summed E-state index contributed by atoms with van der Waals surface area (Å²) in [4.78, 5) is 1.21. The van der Waals surface area contributed by atoms with E-state index in [0.717, 1.165) is 5.56 Å². The predicted octanol–water partition coefficient (Wildman–Crippen LogP) is 4.60. The van der Waals surface area contributed by atoms with Crippen molar-refractivity contribution in [2.45, 2.75) is 18.7 Å². The van der Waals surface area contributed by atoms with Gasteiger partial charge in [-0.1, -0.05) is 0 Å². The molecule has 90 valence electrons. The maximum Gasteiger partial charge on any atom is 0.332 e. The summed E-state index contributed by atoms with van der Waals surface area (Å²) in [6.45, 7) is 4.33. The number of thioether (sulfide) groups is 1.